The second-order valence-corrected chi connectivity index (χ2v) is 6.66. The molecule has 2 rings (SSSR count). The van der Waals surface area contributed by atoms with E-state index in [2.05, 4.69) is 6.58 Å². The molecule has 0 unspecified atom stereocenters. The van der Waals surface area contributed by atoms with E-state index in [9.17, 15) is 28.1 Å². The van der Waals surface area contributed by atoms with Crippen LogP contribution in [0.15, 0.2) is 30.9 Å². The van der Waals surface area contributed by atoms with E-state index in [1.54, 1.807) is 15.9 Å². The molecule has 0 radical (unpaired) electrons. The van der Waals surface area contributed by atoms with Crippen LogP contribution in [-0.4, -0.2) is 53.4 Å². The zero-order chi connectivity index (χ0) is 19.3. The molecular weight excluding hydrogens is 371 g/mol. The van der Waals surface area contributed by atoms with E-state index in [0.29, 0.717) is 43.8 Å². The maximum atomic E-state index is 12.8. The number of piperazine rings is 1. The van der Waals surface area contributed by atoms with Gasteiger partial charge in [0, 0.05) is 38.0 Å². The van der Waals surface area contributed by atoms with Crippen molar-refractivity contribution in [1.82, 2.24) is 4.90 Å². The van der Waals surface area contributed by atoms with Gasteiger partial charge >= 0.3 is 6.18 Å². The molecule has 142 valence electrons. The molecule has 1 fully saturated rings. The van der Waals surface area contributed by atoms with Crippen LogP contribution in [0.4, 0.5) is 24.5 Å². The molecule has 1 saturated heterocycles. The maximum absolute atomic E-state index is 12.8. The number of alkyl halides is 3. The molecular formula is C16H18F3N3O3S. The molecule has 6 nitrogen and oxygen atoms in total. The summed E-state index contributed by atoms with van der Waals surface area (Å²) in [6.07, 6.45) is -2.93. The summed E-state index contributed by atoms with van der Waals surface area (Å²) in [7, 11) is 0. The molecule has 0 aromatic heterocycles. The monoisotopic (exact) mass is 389 g/mol. The van der Waals surface area contributed by atoms with Crippen LogP contribution in [0.25, 0.3) is 0 Å². The Morgan fingerprint density at radius 2 is 1.96 bits per heavy atom. The first-order valence-electron chi connectivity index (χ1n) is 7.81. The minimum atomic E-state index is -4.64. The van der Waals surface area contributed by atoms with Crippen molar-refractivity contribution in [3.05, 3.63) is 46.5 Å². The number of amides is 1. The molecule has 0 bridgehead atoms. The number of benzene rings is 1. The Labute approximate surface area is 152 Å². The highest BCUT2D eigenvalue weighted by Crippen LogP contribution is 2.36. The van der Waals surface area contributed by atoms with Crippen LogP contribution in [-0.2, 0) is 11.0 Å². The number of nitrogens with zero attached hydrogens (tertiary/aromatic N) is 3. The summed E-state index contributed by atoms with van der Waals surface area (Å²) in [6.45, 7) is 4.96. The molecule has 0 saturated carbocycles. The Morgan fingerprint density at radius 1 is 1.31 bits per heavy atom. The van der Waals surface area contributed by atoms with Gasteiger partial charge in [-0.25, -0.2) is 0 Å². The van der Waals surface area contributed by atoms with Crippen LogP contribution in [0.1, 0.15) is 5.56 Å². The van der Waals surface area contributed by atoms with E-state index in [0.717, 1.165) is 12.1 Å². The van der Waals surface area contributed by atoms with Crippen molar-refractivity contribution in [3.63, 3.8) is 0 Å². The molecule has 0 N–H and O–H groups in total. The van der Waals surface area contributed by atoms with Crippen LogP contribution in [0.5, 0.6) is 0 Å². The lowest BCUT2D eigenvalue weighted by Gasteiger charge is -2.35. The highest BCUT2D eigenvalue weighted by molar-refractivity contribution is 8.00. The number of hydrogen-bond acceptors (Lipinski definition) is 5. The predicted molar refractivity (Wildman–Crippen MR) is 94.4 cm³/mol. The number of carbonyl (C=O) groups is 1. The topological polar surface area (TPSA) is 66.7 Å². The molecule has 1 aromatic rings. The number of anilines is 1. The third kappa shape index (κ3) is 4.90. The number of hydrogen-bond donors (Lipinski definition) is 0. The highest BCUT2D eigenvalue weighted by Gasteiger charge is 2.34. The summed E-state index contributed by atoms with van der Waals surface area (Å²) in [4.78, 5) is 25.7. The third-order valence-electron chi connectivity index (χ3n) is 3.93. The quantitative estimate of drug-likeness (QED) is 0.324. The minimum Gasteiger partial charge on any atom is -0.362 e. The zero-order valence-electron chi connectivity index (χ0n) is 13.9. The van der Waals surface area contributed by atoms with Gasteiger partial charge in [-0.05, 0) is 12.1 Å². The summed E-state index contributed by atoms with van der Waals surface area (Å²) >= 11 is 1.44. The smallest absolute Gasteiger partial charge is 0.362 e. The molecule has 1 aromatic carbocycles. The Bertz CT molecular complexity index is 689. The van der Waals surface area contributed by atoms with E-state index in [1.807, 2.05) is 0 Å². The first-order chi connectivity index (χ1) is 12.2. The number of halogens is 3. The van der Waals surface area contributed by atoms with Gasteiger partial charge in [-0.1, -0.05) is 6.08 Å². The summed E-state index contributed by atoms with van der Waals surface area (Å²) in [5, 5.41) is 11.2. The largest absolute Gasteiger partial charge is 0.416 e. The first-order valence-corrected chi connectivity index (χ1v) is 8.96. The molecule has 1 aliphatic heterocycles. The summed E-state index contributed by atoms with van der Waals surface area (Å²) in [5.74, 6) is 0.967. The van der Waals surface area contributed by atoms with Crippen LogP contribution < -0.4 is 4.90 Å². The predicted octanol–water partition coefficient (Wildman–Crippen LogP) is 3.18. The lowest BCUT2D eigenvalue weighted by molar-refractivity contribution is -0.384. The summed E-state index contributed by atoms with van der Waals surface area (Å²) in [5.41, 5.74) is -1.50. The fourth-order valence-electron chi connectivity index (χ4n) is 2.63. The molecule has 1 heterocycles. The van der Waals surface area contributed by atoms with Gasteiger partial charge in [0.05, 0.1) is 16.2 Å². The van der Waals surface area contributed by atoms with Crippen LogP contribution >= 0.6 is 11.8 Å². The Balaban J connectivity index is 2.08. The van der Waals surface area contributed by atoms with Crippen molar-refractivity contribution in [2.24, 2.45) is 0 Å². The van der Waals surface area contributed by atoms with Crippen molar-refractivity contribution in [2.75, 3.05) is 42.6 Å². The lowest BCUT2D eigenvalue weighted by atomic mass is 10.1. The van der Waals surface area contributed by atoms with Gasteiger partial charge in [0.2, 0.25) is 5.91 Å². The standard InChI is InChI=1S/C16H18F3N3O3S/c1-2-9-26-11-15(23)21-7-5-20(6-8-21)13-4-3-12(16(17,18)19)10-14(13)22(24)25/h2-4,10H,1,5-9,11H2. The van der Waals surface area contributed by atoms with Crippen molar-refractivity contribution >= 4 is 29.0 Å². The van der Waals surface area contributed by atoms with Gasteiger partial charge in [0.25, 0.3) is 5.69 Å². The van der Waals surface area contributed by atoms with Crippen LogP contribution in [0.2, 0.25) is 0 Å². The van der Waals surface area contributed by atoms with Crippen molar-refractivity contribution in [3.8, 4) is 0 Å². The average Bonchev–Trinajstić information content (AvgIpc) is 2.60. The van der Waals surface area contributed by atoms with Gasteiger partial charge in [-0.15, -0.1) is 18.3 Å². The maximum Gasteiger partial charge on any atom is 0.416 e. The van der Waals surface area contributed by atoms with Crippen molar-refractivity contribution in [1.29, 1.82) is 0 Å². The Kier molecular flexibility index (Phi) is 6.52. The van der Waals surface area contributed by atoms with Gasteiger partial charge in [-0.2, -0.15) is 13.2 Å². The van der Waals surface area contributed by atoms with Gasteiger partial charge in [-0.3, -0.25) is 14.9 Å². The SMILES string of the molecule is C=CCSCC(=O)N1CCN(c2ccc(C(F)(F)F)cc2[N+](=O)[O-])CC1. The molecule has 1 amide bonds. The van der Waals surface area contributed by atoms with E-state index in [1.165, 1.54) is 11.8 Å². The minimum absolute atomic E-state index is 0.0292. The number of nitro groups is 1. The van der Waals surface area contributed by atoms with E-state index in [-0.39, 0.29) is 11.6 Å². The summed E-state index contributed by atoms with van der Waals surface area (Å²) < 4.78 is 38.4. The number of thioether (sulfide) groups is 1. The van der Waals surface area contributed by atoms with Gasteiger partial charge in [0.1, 0.15) is 5.69 Å². The highest BCUT2D eigenvalue weighted by atomic mass is 32.2. The van der Waals surface area contributed by atoms with Gasteiger partial charge < -0.3 is 9.80 Å². The molecule has 0 spiro atoms. The van der Waals surface area contributed by atoms with E-state index in [4.69, 9.17) is 0 Å². The Hall–Kier alpha value is -2.23. The number of rotatable bonds is 6. The fourth-order valence-corrected chi connectivity index (χ4v) is 3.27. The summed E-state index contributed by atoms with van der Waals surface area (Å²) in [6, 6.07) is 2.52. The molecule has 26 heavy (non-hydrogen) atoms. The lowest BCUT2D eigenvalue weighted by Crippen LogP contribution is -2.49. The zero-order valence-corrected chi connectivity index (χ0v) is 14.7. The van der Waals surface area contributed by atoms with Gasteiger partial charge in [0.15, 0.2) is 0 Å². The van der Waals surface area contributed by atoms with Crippen LogP contribution in [0.3, 0.4) is 0 Å². The second-order valence-electron chi connectivity index (χ2n) is 5.63. The van der Waals surface area contributed by atoms with E-state index < -0.39 is 22.4 Å². The fraction of sp³-hybridized carbons (Fsp3) is 0.438. The first kappa shape index (κ1) is 20.1. The van der Waals surface area contributed by atoms with E-state index >= 15 is 0 Å². The molecule has 0 aliphatic carbocycles. The number of nitro benzene ring substituents is 1. The number of carbonyl (C=O) groups excluding carboxylic acids is 1. The van der Waals surface area contributed by atoms with Crippen molar-refractivity contribution < 1.29 is 22.9 Å². The normalized spacial score (nSPS) is 15.0. The van der Waals surface area contributed by atoms with Crippen LogP contribution in [0, 0.1) is 10.1 Å². The molecule has 10 heteroatoms. The third-order valence-corrected chi connectivity index (χ3v) is 4.86. The molecule has 1 aliphatic rings. The molecule has 0 atom stereocenters. The Morgan fingerprint density at radius 3 is 2.50 bits per heavy atom. The second kappa shape index (κ2) is 8.43. The van der Waals surface area contributed by atoms with Crippen molar-refractivity contribution in [2.45, 2.75) is 6.18 Å². The average molecular weight is 389 g/mol.